The quantitative estimate of drug-likeness (QED) is 0.861. The Morgan fingerprint density at radius 2 is 2.11 bits per heavy atom. The zero-order chi connectivity index (χ0) is 14.0. The molecule has 1 heterocycles. The number of hydrogen-bond donors (Lipinski definition) is 1. The molecule has 2 N–H and O–H groups in total. The topological polar surface area (TPSA) is 62.5 Å². The Kier molecular flexibility index (Phi) is 4.04. The molecule has 1 amide bonds. The molecule has 0 saturated carbocycles. The summed E-state index contributed by atoms with van der Waals surface area (Å²) in [5, 5.41) is 0. The third-order valence-electron chi connectivity index (χ3n) is 3.56. The minimum Gasteiger partial charge on any atom is -0.350 e. The maximum absolute atomic E-state index is 11.8. The maximum Gasteiger partial charge on any atom is 0.241 e. The van der Waals surface area contributed by atoms with Gasteiger partial charge in [0.1, 0.15) is 5.82 Å². The number of hydrogen-bond acceptors (Lipinski definition) is 4. The first-order valence-electron chi connectivity index (χ1n) is 6.66. The highest BCUT2D eigenvalue weighted by Crippen LogP contribution is 2.26. The highest BCUT2D eigenvalue weighted by Gasteiger charge is 2.19. The summed E-state index contributed by atoms with van der Waals surface area (Å²) in [7, 11) is 5.41. The molecular weight excluding hydrogens is 240 g/mol. The number of nitrogens with zero attached hydrogens (tertiary/aromatic N) is 3. The van der Waals surface area contributed by atoms with Gasteiger partial charge in [0, 0.05) is 38.9 Å². The SMILES string of the molecule is CN(C)C(=O)CN(C)c1nc2c(cc1CN)CCC2. The fourth-order valence-corrected chi connectivity index (χ4v) is 2.41. The average Bonchev–Trinajstić information content (AvgIpc) is 2.83. The summed E-state index contributed by atoms with van der Waals surface area (Å²) in [5.41, 5.74) is 9.31. The van der Waals surface area contributed by atoms with Gasteiger partial charge in [-0.3, -0.25) is 4.79 Å². The van der Waals surface area contributed by atoms with Crippen molar-refractivity contribution in [3.05, 3.63) is 22.9 Å². The van der Waals surface area contributed by atoms with Crippen LogP contribution in [0.3, 0.4) is 0 Å². The molecule has 0 saturated heterocycles. The van der Waals surface area contributed by atoms with Crippen molar-refractivity contribution in [1.82, 2.24) is 9.88 Å². The number of amides is 1. The van der Waals surface area contributed by atoms with Gasteiger partial charge in [0.25, 0.3) is 0 Å². The second-order valence-corrected chi connectivity index (χ2v) is 5.28. The van der Waals surface area contributed by atoms with Crippen LogP contribution in [0.1, 0.15) is 23.2 Å². The van der Waals surface area contributed by atoms with Gasteiger partial charge in [0.05, 0.1) is 6.54 Å². The minimum absolute atomic E-state index is 0.0627. The lowest BCUT2D eigenvalue weighted by Gasteiger charge is -2.23. The molecule has 104 valence electrons. The van der Waals surface area contributed by atoms with E-state index in [2.05, 4.69) is 6.07 Å². The molecule has 0 unspecified atom stereocenters. The van der Waals surface area contributed by atoms with Crippen LogP contribution in [-0.2, 0) is 24.2 Å². The molecule has 5 nitrogen and oxygen atoms in total. The largest absolute Gasteiger partial charge is 0.350 e. The fourth-order valence-electron chi connectivity index (χ4n) is 2.41. The Hall–Kier alpha value is -1.62. The molecule has 0 atom stereocenters. The highest BCUT2D eigenvalue weighted by molar-refractivity contribution is 5.80. The number of aryl methyl sites for hydroxylation is 2. The lowest BCUT2D eigenvalue weighted by Crippen LogP contribution is -2.35. The number of carbonyl (C=O) groups excluding carboxylic acids is 1. The van der Waals surface area contributed by atoms with E-state index in [1.165, 1.54) is 5.56 Å². The predicted octanol–water partition coefficient (Wildman–Crippen LogP) is 0.553. The molecule has 5 heteroatoms. The summed E-state index contributed by atoms with van der Waals surface area (Å²) in [4.78, 5) is 20.0. The van der Waals surface area contributed by atoms with Crippen LogP contribution >= 0.6 is 0 Å². The standard InChI is InChI=1S/C14H22N4O/c1-17(2)13(19)9-18(3)14-11(8-15)7-10-5-4-6-12(10)16-14/h7H,4-6,8-9,15H2,1-3H3. The summed E-state index contributed by atoms with van der Waals surface area (Å²) >= 11 is 0. The smallest absolute Gasteiger partial charge is 0.241 e. The second kappa shape index (κ2) is 5.57. The molecule has 0 aromatic carbocycles. The van der Waals surface area contributed by atoms with Crippen LogP contribution < -0.4 is 10.6 Å². The van der Waals surface area contributed by atoms with Crippen LogP contribution in [0.25, 0.3) is 0 Å². The van der Waals surface area contributed by atoms with E-state index in [0.29, 0.717) is 13.1 Å². The molecule has 1 aromatic heterocycles. The molecule has 0 fully saturated rings. The van der Waals surface area contributed by atoms with E-state index in [1.54, 1.807) is 19.0 Å². The van der Waals surface area contributed by atoms with Crippen molar-refractivity contribution in [1.29, 1.82) is 0 Å². The van der Waals surface area contributed by atoms with Crippen molar-refractivity contribution in [2.24, 2.45) is 5.73 Å². The molecule has 1 aromatic rings. The van der Waals surface area contributed by atoms with Crippen molar-refractivity contribution < 1.29 is 4.79 Å². The van der Waals surface area contributed by atoms with Crippen molar-refractivity contribution in [3.63, 3.8) is 0 Å². The predicted molar refractivity (Wildman–Crippen MR) is 76.1 cm³/mol. The summed E-state index contributed by atoms with van der Waals surface area (Å²) in [6.45, 7) is 0.780. The molecule has 0 spiro atoms. The molecule has 2 rings (SSSR count). The molecule has 0 bridgehead atoms. The van der Waals surface area contributed by atoms with Gasteiger partial charge in [-0.2, -0.15) is 0 Å². The average molecular weight is 262 g/mol. The summed E-state index contributed by atoms with van der Waals surface area (Å²) in [6, 6.07) is 2.15. The van der Waals surface area contributed by atoms with Crippen LogP contribution in [0.4, 0.5) is 5.82 Å². The fraction of sp³-hybridized carbons (Fsp3) is 0.571. The Morgan fingerprint density at radius 1 is 1.37 bits per heavy atom. The Bertz CT molecular complexity index is 485. The normalized spacial score (nSPS) is 13.3. The summed E-state index contributed by atoms with van der Waals surface area (Å²) < 4.78 is 0. The lowest BCUT2D eigenvalue weighted by molar-refractivity contribution is -0.127. The molecule has 0 radical (unpaired) electrons. The van der Waals surface area contributed by atoms with Crippen molar-refractivity contribution >= 4 is 11.7 Å². The van der Waals surface area contributed by atoms with Gasteiger partial charge in [0.15, 0.2) is 0 Å². The Labute approximate surface area is 114 Å². The second-order valence-electron chi connectivity index (χ2n) is 5.28. The van der Waals surface area contributed by atoms with Gasteiger partial charge >= 0.3 is 0 Å². The third-order valence-corrected chi connectivity index (χ3v) is 3.56. The van der Waals surface area contributed by atoms with E-state index in [0.717, 1.165) is 36.3 Å². The monoisotopic (exact) mass is 262 g/mol. The molecular formula is C14H22N4O. The van der Waals surface area contributed by atoms with Gasteiger partial charge in [-0.1, -0.05) is 0 Å². The van der Waals surface area contributed by atoms with Gasteiger partial charge in [-0.05, 0) is 30.9 Å². The highest BCUT2D eigenvalue weighted by atomic mass is 16.2. The zero-order valence-corrected chi connectivity index (χ0v) is 11.9. The first-order chi connectivity index (χ1) is 9.02. The first-order valence-corrected chi connectivity index (χ1v) is 6.66. The van der Waals surface area contributed by atoms with E-state index in [4.69, 9.17) is 10.7 Å². The molecule has 1 aliphatic carbocycles. The number of carbonyl (C=O) groups is 1. The number of anilines is 1. The Balaban J connectivity index is 2.25. The minimum atomic E-state index is 0.0627. The maximum atomic E-state index is 11.8. The molecule has 0 aliphatic heterocycles. The van der Waals surface area contributed by atoms with Crippen molar-refractivity contribution in [3.8, 4) is 0 Å². The number of aromatic nitrogens is 1. The van der Waals surface area contributed by atoms with Crippen LogP contribution in [-0.4, -0.2) is 43.5 Å². The molecule has 19 heavy (non-hydrogen) atoms. The van der Waals surface area contributed by atoms with Gasteiger partial charge < -0.3 is 15.5 Å². The number of rotatable bonds is 4. The van der Waals surface area contributed by atoms with E-state index in [1.807, 2.05) is 11.9 Å². The number of fused-ring (bicyclic) bond motifs is 1. The van der Waals surface area contributed by atoms with Crippen LogP contribution in [0, 0.1) is 0 Å². The van der Waals surface area contributed by atoms with Crippen LogP contribution in [0.5, 0.6) is 0 Å². The van der Waals surface area contributed by atoms with E-state index in [-0.39, 0.29) is 5.91 Å². The van der Waals surface area contributed by atoms with Gasteiger partial charge in [-0.25, -0.2) is 4.98 Å². The van der Waals surface area contributed by atoms with E-state index >= 15 is 0 Å². The first kappa shape index (κ1) is 13.8. The van der Waals surface area contributed by atoms with Crippen LogP contribution in [0.15, 0.2) is 6.07 Å². The van der Waals surface area contributed by atoms with E-state index in [9.17, 15) is 4.79 Å². The lowest BCUT2D eigenvalue weighted by atomic mass is 10.1. The van der Waals surface area contributed by atoms with Crippen LogP contribution in [0.2, 0.25) is 0 Å². The molecule has 1 aliphatic rings. The summed E-state index contributed by atoms with van der Waals surface area (Å²) in [6.07, 6.45) is 3.29. The van der Waals surface area contributed by atoms with Crippen molar-refractivity contribution in [2.75, 3.05) is 32.6 Å². The van der Waals surface area contributed by atoms with Gasteiger partial charge in [-0.15, -0.1) is 0 Å². The number of nitrogens with two attached hydrogens (primary N) is 1. The number of likely N-dealkylation sites (N-methyl/N-ethyl adjacent to an activating group) is 2. The van der Waals surface area contributed by atoms with Gasteiger partial charge in [0.2, 0.25) is 5.91 Å². The zero-order valence-electron chi connectivity index (χ0n) is 11.9. The van der Waals surface area contributed by atoms with E-state index < -0.39 is 0 Å². The number of pyridine rings is 1. The summed E-state index contributed by atoms with van der Waals surface area (Å²) in [5.74, 6) is 0.908. The third kappa shape index (κ3) is 2.87. The Morgan fingerprint density at radius 3 is 2.74 bits per heavy atom. The van der Waals surface area contributed by atoms with Crippen molar-refractivity contribution in [2.45, 2.75) is 25.8 Å².